The van der Waals surface area contributed by atoms with Crippen LogP contribution >= 0.6 is 0 Å². The summed E-state index contributed by atoms with van der Waals surface area (Å²) in [7, 11) is 2.27. The molecule has 23 heavy (non-hydrogen) atoms. The number of rotatable bonds is 5. The molecule has 4 nitrogen and oxygen atoms in total. The van der Waals surface area contributed by atoms with Gasteiger partial charge in [-0.2, -0.15) is 5.10 Å². The van der Waals surface area contributed by atoms with Crippen molar-refractivity contribution in [1.82, 2.24) is 19.7 Å². The Morgan fingerprint density at radius 1 is 1.09 bits per heavy atom. The molecule has 1 saturated carbocycles. The first-order valence-corrected chi connectivity index (χ1v) is 9.03. The van der Waals surface area contributed by atoms with Gasteiger partial charge in [0, 0.05) is 18.4 Å². The van der Waals surface area contributed by atoms with Crippen LogP contribution in [0.15, 0.2) is 30.3 Å². The molecule has 0 radical (unpaired) electrons. The monoisotopic (exact) mass is 310 g/mol. The maximum absolute atomic E-state index is 4.89. The van der Waals surface area contributed by atoms with Crippen molar-refractivity contribution >= 4 is 0 Å². The number of benzene rings is 1. The summed E-state index contributed by atoms with van der Waals surface area (Å²) in [6.45, 7) is 1.24. The molecule has 2 aliphatic rings. The molecule has 0 amide bonds. The maximum atomic E-state index is 4.89. The van der Waals surface area contributed by atoms with Crippen LogP contribution in [0.4, 0.5) is 0 Å². The SMILES string of the molecule is CN1CCCC[C@@H]1CCc1nc(C2CC2)nn1-c1ccccc1. The van der Waals surface area contributed by atoms with Gasteiger partial charge in [0.2, 0.25) is 0 Å². The highest BCUT2D eigenvalue weighted by Crippen LogP contribution is 2.38. The summed E-state index contributed by atoms with van der Waals surface area (Å²) in [5.41, 5.74) is 1.14. The molecular formula is C19H26N4. The lowest BCUT2D eigenvalue weighted by Crippen LogP contribution is -2.36. The van der Waals surface area contributed by atoms with Gasteiger partial charge >= 0.3 is 0 Å². The Kier molecular flexibility index (Phi) is 4.17. The average molecular weight is 310 g/mol. The molecule has 1 aliphatic carbocycles. The quantitative estimate of drug-likeness (QED) is 0.847. The molecule has 4 rings (SSSR count). The van der Waals surface area contributed by atoms with Gasteiger partial charge < -0.3 is 4.90 Å². The van der Waals surface area contributed by atoms with Crippen LogP contribution in [-0.4, -0.2) is 39.3 Å². The molecule has 122 valence electrons. The molecule has 1 aromatic carbocycles. The summed E-state index contributed by atoms with van der Waals surface area (Å²) in [6.07, 6.45) is 8.75. The van der Waals surface area contributed by atoms with E-state index in [2.05, 4.69) is 47.0 Å². The number of nitrogens with zero attached hydrogens (tertiary/aromatic N) is 4. The highest BCUT2D eigenvalue weighted by atomic mass is 15.4. The Hall–Kier alpha value is -1.68. The van der Waals surface area contributed by atoms with Crippen molar-refractivity contribution in [2.75, 3.05) is 13.6 Å². The second-order valence-electron chi connectivity index (χ2n) is 7.08. The van der Waals surface area contributed by atoms with E-state index in [9.17, 15) is 0 Å². The second kappa shape index (κ2) is 6.44. The third-order valence-electron chi connectivity index (χ3n) is 5.26. The van der Waals surface area contributed by atoms with Gasteiger partial charge in [-0.15, -0.1) is 0 Å². The Morgan fingerprint density at radius 2 is 1.91 bits per heavy atom. The van der Waals surface area contributed by atoms with E-state index in [-0.39, 0.29) is 0 Å². The summed E-state index contributed by atoms with van der Waals surface area (Å²) in [6, 6.07) is 11.2. The summed E-state index contributed by atoms with van der Waals surface area (Å²) < 4.78 is 2.08. The fraction of sp³-hybridized carbons (Fsp3) is 0.579. The minimum atomic E-state index is 0.607. The van der Waals surface area contributed by atoms with Crippen molar-refractivity contribution in [3.63, 3.8) is 0 Å². The van der Waals surface area contributed by atoms with Gasteiger partial charge in [0.25, 0.3) is 0 Å². The zero-order chi connectivity index (χ0) is 15.6. The number of likely N-dealkylation sites (tertiary alicyclic amines) is 1. The third kappa shape index (κ3) is 3.32. The van der Waals surface area contributed by atoms with E-state index in [1.807, 2.05) is 0 Å². The molecule has 2 heterocycles. The lowest BCUT2D eigenvalue weighted by Gasteiger charge is -2.32. The number of para-hydroxylation sites is 1. The van der Waals surface area contributed by atoms with E-state index in [0.717, 1.165) is 23.8 Å². The lowest BCUT2D eigenvalue weighted by atomic mass is 9.98. The van der Waals surface area contributed by atoms with Crippen LogP contribution in [0.25, 0.3) is 5.69 Å². The van der Waals surface area contributed by atoms with E-state index < -0.39 is 0 Å². The zero-order valence-electron chi connectivity index (χ0n) is 14.0. The molecule has 0 N–H and O–H groups in total. The highest BCUT2D eigenvalue weighted by Gasteiger charge is 2.29. The van der Waals surface area contributed by atoms with Gasteiger partial charge in [-0.05, 0) is 57.8 Å². The minimum Gasteiger partial charge on any atom is -0.303 e. The predicted molar refractivity (Wildman–Crippen MR) is 91.9 cm³/mol. The molecule has 1 atom stereocenters. The smallest absolute Gasteiger partial charge is 0.154 e. The largest absolute Gasteiger partial charge is 0.303 e. The molecule has 0 spiro atoms. The minimum absolute atomic E-state index is 0.607. The summed E-state index contributed by atoms with van der Waals surface area (Å²) in [4.78, 5) is 7.41. The van der Waals surface area contributed by atoms with Crippen molar-refractivity contribution in [2.45, 2.75) is 56.9 Å². The summed E-state index contributed by atoms with van der Waals surface area (Å²) in [5.74, 6) is 2.80. The van der Waals surface area contributed by atoms with Gasteiger partial charge in [0.05, 0.1) is 5.69 Å². The number of aromatic nitrogens is 3. The highest BCUT2D eigenvalue weighted by molar-refractivity contribution is 5.31. The van der Waals surface area contributed by atoms with Crippen LogP contribution in [0.3, 0.4) is 0 Å². The number of piperidine rings is 1. The van der Waals surface area contributed by atoms with Crippen LogP contribution in [0, 0.1) is 0 Å². The van der Waals surface area contributed by atoms with Crippen LogP contribution in [0.2, 0.25) is 0 Å². The normalized spacial score (nSPS) is 22.4. The van der Waals surface area contributed by atoms with E-state index in [1.54, 1.807) is 0 Å². The molecule has 1 aliphatic heterocycles. The topological polar surface area (TPSA) is 34.0 Å². The fourth-order valence-corrected chi connectivity index (χ4v) is 3.62. The van der Waals surface area contributed by atoms with Crippen LogP contribution in [0.1, 0.15) is 56.1 Å². The van der Waals surface area contributed by atoms with Crippen molar-refractivity contribution in [1.29, 1.82) is 0 Å². The first kappa shape index (κ1) is 14.9. The van der Waals surface area contributed by atoms with Gasteiger partial charge in [0.1, 0.15) is 5.82 Å². The van der Waals surface area contributed by atoms with Crippen molar-refractivity contribution in [3.05, 3.63) is 42.0 Å². The van der Waals surface area contributed by atoms with Crippen LogP contribution < -0.4 is 0 Å². The lowest BCUT2D eigenvalue weighted by molar-refractivity contribution is 0.175. The van der Waals surface area contributed by atoms with E-state index in [0.29, 0.717) is 12.0 Å². The summed E-state index contributed by atoms with van der Waals surface area (Å²) in [5, 5.41) is 4.82. The Labute approximate surface area is 138 Å². The van der Waals surface area contributed by atoms with Gasteiger partial charge in [0.15, 0.2) is 5.82 Å². The van der Waals surface area contributed by atoms with Crippen molar-refractivity contribution in [3.8, 4) is 5.69 Å². The molecule has 2 aromatic rings. The van der Waals surface area contributed by atoms with Crippen molar-refractivity contribution < 1.29 is 0 Å². The Balaban J connectivity index is 1.54. The first-order valence-electron chi connectivity index (χ1n) is 9.03. The van der Waals surface area contributed by atoms with E-state index in [4.69, 9.17) is 10.1 Å². The van der Waals surface area contributed by atoms with Gasteiger partial charge in [-0.25, -0.2) is 9.67 Å². The number of hydrogen-bond donors (Lipinski definition) is 0. The number of aryl methyl sites for hydroxylation is 1. The maximum Gasteiger partial charge on any atom is 0.154 e. The zero-order valence-corrected chi connectivity index (χ0v) is 14.0. The van der Waals surface area contributed by atoms with Crippen molar-refractivity contribution in [2.24, 2.45) is 0 Å². The molecular weight excluding hydrogens is 284 g/mol. The second-order valence-corrected chi connectivity index (χ2v) is 7.08. The first-order chi connectivity index (χ1) is 11.3. The predicted octanol–water partition coefficient (Wildman–Crippen LogP) is 3.56. The molecule has 0 bridgehead atoms. The van der Waals surface area contributed by atoms with Gasteiger partial charge in [-0.3, -0.25) is 0 Å². The standard InChI is InChI=1S/C19H26N4/c1-22-14-6-5-7-16(22)12-13-18-20-19(15-10-11-15)21-23(18)17-8-3-2-4-9-17/h2-4,8-9,15-16H,5-7,10-14H2,1H3/t16-/m1/s1. The molecule has 2 fully saturated rings. The molecule has 1 saturated heterocycles. The van der Waals surface area contributed by atoms with Crippen LogP contribution in [0.5, 0.6) is 0 Å². The Morgan fingerprint density at radius 3 is 2.65 bits per heavy atom. The fourth-order valence-electron chi connectivity index (χ4n) is 3.62. The van der Waals surface area contributed by atoms with E-state index >= 15 is 0 Å². The van der Waals surface area contributed by atoms with Crippen LogP contribution in [-0.2, 0) is 6.42 Å². The van der Waals surface area contributed by atoms with E-state index in [1.165, 1.54) is 45.1 Å². The Bertz CT molecular complexity index is 645. The molecule has 1 aromatic heterocycles. The summed E-state index contributed by atoms with van der Waals surface area (Å²) >= 11 is 0. The average Bonchev–Trinajstić information content (AvgIpc) is 3.35. The number of hydrogen-bond acceptors (Lipinski definition) is 3. The molecule has 0 unspecified atom stereocenters. The van der Waals surface area contributed by atoms with Gasteiger partial charge in [-0.1, -0.05) is 24.6 Å². The third-order valence-corrected chi connectivity index (χ3v) is 5.26. The molecule has 4 heteroatoms.